The lowest BCUT2D eigenvalue weighted by molar-refractivity contribution is -0.146. The molecule has 1 rings (SSSR count). The maximum atomic E-state index is 11.5. The Morgan fingerprint density at radius 3 is 2.67 bits per heavy atom. The van der Waals surface area contributed by atoms with Crippen LogP contribution in [0.1, 0.15) is 19.3 Å². The van der Waals surface area contributed by atoms with Crippen LogP contribution >= 0.6 is 0 Å². The molecule has 1 amide bonds. The van der Waals surface area contributed by atoms with E-state index in [0.717, 1.165) is 24.2 Å². The van der Waals surface area contributed by atoms with Crippen LogP contribution in [0.5, 0.6) is 0 Å². The molecule has 0 aliphatic heterocycles. The van der Waals surface area contributed by atoms with E-state index in [1.165, 1.54) is 13.1 Å². The van der Waals surface area contributed by atoms with Crippen molar-refractivity contribution in [1.29, 1.82) is 0 Å². The highest BCUT2D eigenvalue weighted by molar-refractivity contribution is 5.80. The van der Waals surface area contributed by atoms with Gasteiger partial charge < -0.3 is 14.6 Å². The number of carbonyl (C=O) groups is 2. The van der Waals surface area contributed by atoms with Crippen LogP contribution in [-0.2, 0) is 14.3 Å². The number of carbonyl (C=O) groups excluding carboxylic acids is 1. The van der Waals surface area contributed by atoms with Crippen molar-refractivity contribution < 1.29 is 24.2 Å². The monoisotopic (exact) mass is 257 g/mol. The molecular weight excluding hydrogens is 238 g/mol. The van der Waals surface area contributed by atoms with Gasteiger partial charge in [0.2, 0.25) is 0 Å². The molecule has 102 valence electrons. The van der Waals surface area contributed by atoms with E-state index < -0.39 is 18.1 Å². The number of rotatable bonds is 7. The van der Waals surface area contributed by atoms with Gasteiger partial charge in [-0.1, -0.05) is 12.7 Å². The fourth-order valence-corrected chi connectivity index (χ4v) is 1.47. The Kier molecular flexibility index (Phi) is 5.64. The second kappa shape index (κ2) is 7.00. The Balaban J connectivity index is 2.45. The van der Waals surface area contributed by atoms with Gasteiger partial charge in [0.05, 0.1) is 12.7 Å². The maximum absolute atomic E-state index is 11.5. The number of ether oxygens (including phenoxy) is 2. The summed E-state index contributed by atoms with van der Waals surface area (Å²) in [6, 6.07) is -1.03. The van der Waals surface area contributed by atoms with Gasteiger partial charge in [0.1, 0.15) is 6.61 Å². The normalized spacial score (nSPS) is 16.5. The van der Waals surface area contributed by atoms with E-state index in [2.05, 4.69) is 6.58 Å². The summed E-state index contributed by atoms with van der Waals surface area (Å²) in [7, 11) is 1.38. The number of hydrogen-bond donors (Lipinski definition) is 1. The van der Waals surface area contributed by atoms with E-state index in [1.807, 2.05) is 0 Å². The molecule has 0 heterocycles. The zero-order valence-corrected chi connectivity index (χ0v) is 10.5. The highest BCUT2D eigenvalue weighted by Crippen LogP contribution is 2.22. The first-order valence-corrected chi connectivity index (χ1v) is 5.91. The molecule has 1 atom stereocenters. The van der Waals surface area contributed by atoms with Crippen molar-refractivity contribution in [2.75, 3.05) is 20.3 Å². The summed E-state index contributed by atoms with van der Waals surface area (Å²) < 4.78 is 10.2. The lowest BCUT2D eigenvalue weighted by Gasteiger charge is -2.29. The number of carboxylic acid groups (broad SMARTS) is 1. The highest BCUT2D eigenvalue weighted by Gasteiger charge is 2.29. The second-order valence-electron chi connectivity index (χ2n) is 4.22. The van der Waals surface area contributed by atoms with Gasteiger partial charge in [-0.05, 0) is 19.3 Å². The predicted octanol–water partition coefficient (Wildman–Crippen LogP) is 1.26. The molecule has 1 fully saturated rings. The summed E-state index contributed by atoms with van der Waals surface area (Å²) in [5.74, 6) is -1.10. The van der Waals surface area contributed by atoms with Gasteiger partial charge in [-0.25, -0.2) is 9.59 Å². The summed E-state index contributed by atoms with van der Waals surface area (Å²) in [5, 5.41) is 9.07. The van der Waals surface area contributed by atoms with Crippen molar-refractivity contribution in [3.8, 4) is 0 Å². The Bertz CT molecular complexity index is 314. The van der Waals surface area contributed by atoms with Crippen molar-refractivity contribution in [3.63, 3.8) is 0 Å². The van der Waals surface area contributed by atoms with E-state index >= 15 is 0 Å². The average molecular weight is 257 g/mol. The van der Waals surface area contributed by atoms with Crippen molar-refractivity contribution in [1.82, 2.24) is 4.90 Å². The van der Waals surface area contributed by atoms with Gasteiger partial charge in [0, 0.05) is 7.05 Å². The number of amides is 1. The first-order chi connectivity index (χ1) is 8.56. The van der Waals surface area contributed by atoms with Gasteiger partial charge in [0.25, 0.3) is 0 Å². The molecule has 18 heavy (non-hydrogen) atoms. The fraction of sp³-hybridized carbons (Fsp3) is 0.667. The third-order valence-electron chi connectivity index (χ3n) is 2.91. The molecule has 6 heteroatoms. The van der Waals surface area contributed by atoms with Crippen LogP contribution in [0.15, 0.2) is 12.7 Å². The summed E-state index contributed by atoms with van der Waals surface area (Å²) in [5.41, 5.74) is 0. The van der Waals surface area contributed by atoms with E-state index in [-0.39, 0.29) is 19.3 Å². The molecule has 1 aliphatic carbocycles. The van der Waals surface area contributed by atoms with E-state index in [0.29, 0.717) is 0 Å². The van der Waals surface area contributed by atoms with Crippen molar-refractivity contribution in [2.24, 2.45) is 0 Å². The lowest BCUT2D eigenvalue weighted by atomic mass is 9.96. The number of carboxylic acids is 1. The van der Waals surface area contributed by atoms with Crippen LogP contribution in [-0.4, -0.2) is 54.5 Å². The molecule has 0 aromatic rings. The number of nitrogens with zero attached hydrogens (tertiary/aromatic N) is 1. The minimum Gasteiger partial charge on any atom is -0.480 e. The van der Waals surface area contributed by atoms with Gasteiger partial charge in [-0.3, -0.25) is 4.90 Å². The van der Waals surface area contributed by atoms with Crippen molar-refractivity contribution >= 4 is 12.1 Å². The number of likely N-dealkylation sites (N-methyl/N-ethyl adjacent to an activating group) is 1. The topological polar surface area (TPSA) is 76.1 Å². The molecule has 0 saturated heterocycles. The van der Waals surface area contributed by atoms with Gasteiger partial charge >= 0.3 is 12.1 Å². The summed E-state index contributed by atoms with van der Waals surface area (Å²) in [4.78, 5) is 23.6. The maximum Gasteiger partial charge on any atom is 0.410 e. The molecule has 1 saturated carbocycles. The largest absolute Gasteiger partial charge is 0.480 e. The van der Waals surface area contributed by atoms with Crippen LogP contribution < -0.4 is 0 Å². The van der Waals surface area contributed by atoms with Crippen LogP contribution in [0.2, 0.25) is 0 Å². The standard InChI is InChI=1S/C12H19NO5/c1-3-7-17-12(16)13(2)10(11(14)15)8-18-9-5-4-6-9/h3,9-10H,1,4-8H2,2H3,(H,14,15). The zero-order valence-electron chi connectivity index (χ0n) is 10.5. The Morgan fingerprint density at radius 2 is 2.22 bits per heavy atom. The van der Waals surface area contributed by atoms with E-state index in [4.69, 9.17) is 14.6 Å². The van der Waals surface area contributed by atoms with E-state index in [1.54, 1.807) is 0 Å². The second-order valence-corrected chi connectivity index (χ2v) is 4.22. The van der Waals surface area contributed by atoms with Crippen LogP contribution in [0.4, 0.5) is 4.79 Å². The Labute approximate surface area is 106 Å². The first kappa shape index (κ1) is 14.5. The van der Waals surface area contributed by atoms with Gasteiger partial charge in [-0.2, -0.15) is 0 Å². The smallest absolute Gasteiger partial charge is 0.410 e. The summed E-state index contributed by atoms with van der Waals surface area (Å²) >= 11 is 0. The third kappa shape index (κ3) is 4.03. The molecule has 1 N–H and O–H groups in total. The molecule has 1 aliphatic rings. The fourth-order valence-electron chi connectivity index (χ4n) is 1.47. The van der Waals surface area contributed by atoms with Crippen molar-refractivity contribution in [3.05, 3.63) is 12.7 Å². The third-order valence-corrected chi connectivity index (χ3v) is 2.91. The van der Waals surface area contributed by atoms with Crippen LogP contribution in [0.3, 0.4) is 0 Å². The quantitative estimate of drug-likeness (QED) is 0.695. The first-order valence-electron chi connectivity index (χ1n) is 5.91. The van der Waals surface area contributed by atoms with Crippen LogP contribution in [0.25, 0.3) is 0 Å². The van der Waals surface area contributed by atoms with Crippen molar-refractivity contribution in [2.45, 2.75) is 31.4 Å². The molecule has 0 spiro atoms. The Hall–Kier alpha value is -1.56. The lowest BCUT2D eigenvalue weighted by Crippen LogP contribution is -2.46. The SMILES string of the molecule is C=CCOC(=O)N(C)C(COC1CCC1)C(=O)O. The molecule has 0 aromatic heterocycles. The molecule has 0 bridgehead atoms. The van der Waals surface area contributed by atoms with Crippen LogP contribution in [0, 0.1) is 0 Å². The zero-order chi connectivity index (χ0) is 13.5. The number of hydrogen-bond acceptors (Lipinski definition) is 4. The number of aliphatic carboxylic acids is 1. The Morgan fingerprint density at radius 1 is 1.56 bits per heavy atom. The van der Waals surface area contributed by atoms with Gasteiger partial charge in [0.15, 0.2) is 6.04 Å². The molecule has 6 nitrogen and oxygen atoms in total. The summed E-state index contributed by atoms with van der Waals surface area (Å²) in [6.07, 6.45) is 3.88. The highest BCUT2D eigenvalue weighted by atomic mass is 16.6. The molecule has 0 radical (unpaired) electrons. The minimum absolute atomic E-state index is 0.0142. The molecule has 0 aromatic carbocycles. The minimum atomic E-state index is -1.10. The molecular formula is C12H19NO5. The average Bonchev–Trinajstić information content (AvgIpc) is 2.27. The summed E-state index contributed by atoms with van der Waals surface area (Å²) in [6.45, 7) is 3.45. The predicted molar refractivity (Wildman–Crippen MR) is 64.3 cm³/mol. The van der Waals surface area contributed by atoms with E-state index in [9.17, 15) is 9.59 Å². The van der Waals surface area contributed by atoms with Gasteiger partial charge in [-0.15, -0.1) is 0 Å². The molecule has 1 unspecified atom stereocenters.